The van der Waals surface area contributed by atoms with Crippen molar-refractivity contribution < 1.29 is 19.4 Å². The zero-order valence-corrected chi connectivity index (χ0v) is 18.4. The largest absolute Gasteiger partial charge is 0.492 e. The molecule has 0 aliphatic carbocycles. The first kappa shape index (κ1) is 22.0. The summed E-state index contributed by atoms with van der Waals surface area (Å²) >= 11 is 0. The second-order valence-corrected chi connectivity index (χ2v) is 9.26. The first-order chi connectivity index (χ1) is 14.0. The lowest BCUT2D eigenvalue weighted by atomic mass is 10.0. The van der Waals surface area contributed by atoms with Gasteiger partial charge in [-0.05, 0) is 65.2 Å². The van der Waals surface area contributed by atoms with Gasteiger partial charge in [0.15, 0.2) is 0 Å². The van der Waals surface area contributed by atoms with E-state index in [9.17, 15) is 9.90 Å². The van der Waals surface area contributed by atoms with Crippen LogP contribution < -0.4 is 9.64 Å². The van der Waals surface area contributed by atoms with Gasteiger partial charge in [0.25, 0.3) is 0 Å². The number of aryl methyl sites for hydroxylation is 1. The molecule has 1 N–H and O–H groups in total. The second kappa shape index (κ2) is 8.60. The topological polar surface area (TPSA) is 84.8 Å². The Hall–Kier alpha value is -2.67. The minimum Gasteiger partial charge on any atom is -0.492 e. The van der Waals surface area contributed by atoms with Crippen molar-refractivity contribution in [3.8, 4) is 16.9 Å². The van der Waals surface area contributed by atoms with Crippen LogP contribution in [0.5, 0.6) is 5.75 Å². The number of aromatic nitrogens is 2. The Morgan fingerprint density at radius 3 is 2.57 bits per heavy atom. The van der Waals surface area contributed by atoms with Gasteiger partial charge in [-0.1, -0.05) is 0 Å². The van der Waals surface area contributed by atoms with Crippen molar-refractivity contribution in [2.24, 2.45) is 0 Å². The molecule has 0 bridgehead atoms. The molecule has 0 radical (unpaired) electrons. The van der Waals surface area contributed by atoms with Crippen molar-refractivity contribution in [1.29, 1.82) is 0 Å². The molecular formula is C23H31N3O4. The van der Waals surface area contributed by atoms with Gasteiger partial charge in [0.1, 0.15) is 17.2 Å². The molecule has 1 aliphatic heterocycles. The van der Waals surface area contributed by atoms with Crippen LogP contribution in [0.4, 0.5) is 10.6 Å². The summed E-state index contributed by atoms with van der Waals surface area (Å²) in [4.78, 5) is 23.0. The highest BCUT2D eigenvalue weighted by Gasteiger charge is 2.28. The van der Waals surface area contributed by atoms with Gasteiger partial charge in [-0.25, -0.2) is 9.78 Å². The molecule has 1 aliphatic rings. The van der Waals surface area contributed by atoms with Crippen molar-refractivity contribution in [2.45, 2.75) is 65.1 Å². The maximum Gasteiger partial charge on any atom is 0.416 e. The lowest BCUT2D eigenvalue weighted by molar-refractivity contribution is 0.0550. The van der Waals surface area contributed by atoms with Crippen molar-refractivity contribution >= 4 is 11.9 Å². The minimum atomic E-state index is -0.770. The number of amides is 1. The highest BCUT2D eigenvalue weighted by Crippen LogP contribution is 2.31. The van der Waals surface area contributed by atoms with Gasteiger partial charge in [0.05, 0.1) is 18.4 Å². The Bertz CT molecular complexity index is 900. The van der Waals surface area contributed by atoms with E-state index in [1.807, 2.05) is 26.8 Å². The lowest BCUT2D eigenvalue weighted by Gasteiger charge is -2.30. The molecule has 2 aromatic rings. The van der Waals surface area contributed by atoms with Crippen molar-refractivity contribution in [3.05, 3.63) is 36.3 Å². The van der Waals surface area contributed by atoms with Gasteiger partial charge in [-0.2, -0.15) is 0 Å². The molecule has 0 spiro atoms. The maximum absolute atomic E-state index is 12.6. The summed E-state index contributed by atoms with van der Waals surface area (Å²) in [5.41, 5.74) is 1.50. The first-order valence-corrected chi connectivity index (χ1v) is 10.3. The molecule has 0 atom stereocenters. The van der Waals surface area contributed by atoms with Gasteiger partial charge in [0, 0.05) is 36.5 Å². The Morgan fingerprint density at radius 2 is 1.87 bits per heavy atom. The van der Waals surface area contributed by atoms with E-state index < -0.39 is 11.2 Å². The number of hydrogen-bond acceptors (Lipinski definition) is 6. The fraction of sp³-hybridized carbons (Fsp3) is 0.522. The predicted octanol–water partition coefficient (Wildman–Crippen LogP) is 4.37. The van der Waals surface area contributed by atoms with Gasteiger partial charge >= 0.3 is 6.09 Å². The third-order valence-corrected chi connectivity index (χ3v) is 4.67. The summed E-state index contributed by atoms with van der Waals surface area (Å²) in [5, 5.41) is 9.82. The van der Waals surface area contributed by atoms with E-state index in [1.165, 1.54) is 0 Å². The van der Waals surface area contributed by atoms with Crippen LogP contribution >= 0.6 is 0 Å². The number of carbonyl (C=O) groups is 1. The number of pyridine rings is 2. The molecule has 30 heavy (non-hydrogen) atoms. The molecule has 1 amide bonds. The van der Waals surface area contributed by atoms with E-state index in [1.54, 1.807) is 37.3 Å². The molecule has 7 heteroatoms. The predicted molar refractivity (Wildman–Crippen MR) is 116 cm³/mol. The van der Waals surface area contributed by atoms with Gasteiger partial charge in [-0.3, -0.25) is 9.88 Å². The van der Waals surface area contributed by atoms with Gasteiger partial charge < -0.3 is 14.6 Å². The summed E-state index contributed by atoms with van der Waals surface area (Å²) < 4.78 is 11.3. The fourth-order valence-electron chi connectivity index (χ4n) is 3.19. The maximum atomic E-state index is 12.6. The number of aliphatic hydroxyl groups is 1. The smallest absolute Gasteiger partial charge is 0.416 e. The number of fused-ring (bicyclic) bond motifs is 1. The zero-order valence-electron chi connectivity index (χ0n) is 18.4. The molecule has 0 fully saturated rings. The number of rotatable bonds is 5. The molecular weight excluding hydrogens is 382 g/mol. The average Bonchev–Trinajstić information content (AvgIpc) is 2.65. The highest BCUT2D eigenvalue weighted by molar-refractivity contribution is 5.88. The van der Waals surface area contributed by atoms with Crippen molar-refractivity contribution in [2.75, 3.05) is 18.1 Å². The summed E-state index contributed by atoms with van der Waals surface area (Å²) in [6, 6.07) is 3.96. The standard InChI is InChI=1S/C23H31N3O4/c1-22(2,3)30-21(27)26-9-6-7-16-11-17(14-25-20(16)26)18-12-19(15-24-13-18)29-10-8-23(4,5)28/h11-15,28H,6-10H2,1-5H3. The van der Waals surface area contributed by atoms with Crippen molar-refractivity contribution in [1.82, 2.24) is 9.97 Å². The van der Waals surface area contributed by atoms with Gasteiger partial charge in [-0.15, -0.1) is 0 Å². The molecule has 0 unspecified atom stereocenters. The molecule has 0 saturated carbocycles. The van der Waals surface area contributed by atoms with Crippen LogP contribution in [-0.2, 0) is 11.2 Å². The highest BCUT2D eigenvalue weighted by atomic mass is 16.6. The Labute approximate surface area is 178 Å². The molecule has 3 rings (SSSR count). The third-order valence-electron chi connectivity index (χ3n) is 4.67. The summed E-state index contributed by atoms with van der Waals surface area (Å²) in [6.07, 6.45) is 7.04. The molecule has 7 nitrogen and oxygen atoms in total. The lowest BCUT2D eigenvalue weighted by Crippen LogP contribution is -2.40. The summed E-state index contributed by atoms with van der Waals surface area (Å²) in [7, 11) is 0. The monoisotopic (exact) mass is 413 g/mol. The number of hydrogen-bond donors (Lipinski definition) is 1. The summed E-state index contributed by atoms with van der Waals surface area (Å²) in [5.74, 6) is 1.30. The van der Waals surface area contributed by atoms with E-state index in [-0.39, 0.29) is 6.09 Å². The van der Waals surface area contributed by atoms with E-state index in [0.717, 1.165) is 29.5 Å². The van der Waals surface area contributed by atoms with E-state index in [4.69, 9.17) is 9.47 Å². The Kier molecular flexibility index (Phi) is 6.31. The molecule has 0 aromatic carbocycles. The molecule has 162 valence electrons. The van der Waals surface area contributed by atoms with Crippen LogP contribution in [0.15, 0.2) is 30.7 Å². The van der Waals surface area contributed by atoms with Crippen molar-refractivity contribution in [3.63, 3.8) is 0 Å². The number of nitrogens with zero attached hydrogens (tertiary/aromatic N) is 3. The second-order valence-electron chi connectivity index (χ2n) is 9.26. The van der Waals surface area contributed by atoms with Crippen LogP contribution in [-0.4, -0.2) is 45.5 Å². The molecule has 2 aromatic heterocycles. The SMILES string of the molecule is CC(C)(O)CCOc1cncc(-c2cnc3c(c2)CCCN3C(=O)OC(C)(C)C)c1. The molecule has 3 heterocycles. The number of anilines is 1. The van der Waals surface area contributed by atoms with Crippen LogP contribution in [0.2, 0.25) is 0 Å². The Balaban J connectivity index is 1.78. The van der Waals surface area contributed by atoms with E-state index >= 15 is 0 Å². The van der Waals surface area contributed by atoms with Gasteiger partial charge in [0.2, 0.25) is 0 Å². The third kappa shape index (κ3) is 5.92. The number of ether oxygens (including phenoxy) is 2. The average molecular weight is 414 g/mol. The van der Waals surface area contributed by atoms with Crippen LogP contribution in [0, 0.1) is 0 Å². The normalized spacial score (nSPS) is 14.3. The van der Waals surface area contributed by atoms with Crippen LogP contribution in [0.25, 0.3) is 11.1 Å². The Morgan fingerprint density at radius 1 is 1.13 bits per heavy atom. The van der Waals surface area contributed by atoms with E-state index in [0.29, 0.717) is 31.1 Å². The minimum absolute atomic E-state index is 0.368. The molecule has 0 saturated heterocycles. The quantitative estimate of drug-likeness (QED) is 0.783. The summed E-state index contributed by atoms with van der Waals surface area (Å²) in [6.45, 7) is 10.1. The fourth-order valence-corrected chi connectivity index (χ4v) is 3.19. The first-order valence-electron chi connectivity index (χ1n) is 10.3. The van der Waals surface area contributed by atoms with Crippen LogP contribution in [0.3, 0.4) is 0 Å². The number of carbonyl (C=O) groups excluding carboxylic acids is 1. The van der Waals surface area contributed by atoms with Crippen LogP contribution in [0.1, 0.15) is 53.0 Å². The van der Waals surface area contributed by atoms with E-state index in [2.05, 4.69) is 16.0 Å². The zero-order chi connectivity index (χ0) is 21.9.